The summed E-state index contributed by atoms with van der Waals surface area (Å²) in [7, 11) is 0. The van der Waals surface area contributed by atoms with Crippen LogP contribution in [0.4, 0.5) is 11.4 Å². The van der Waals surface area contributed by atoms with Gasteiger partial charge in [-0.05, 0) is 43.9 Å². The molecule has 0 spiro atoms. The Bertz CT molecular complexity index is 606. The molecule has 1 aliphatic rings. The third-order valence-electron chi connectivity index (χ3n) is 4.45. The maximum absolute atomic E-state index is 12.2. The van der Waals surface area contributed by atoms with Crippen LogP contribution in [0, 0.1) is 16.0 Å². The van der Waals surface area contributed by atoms with Crippen LogP contribution in [-0.2, 0) is 0 Å². The van der Waals surface area contributed by atoms with Gasteiger partial charge in [-0.15, -0.1) is 0 Å². The molecule has 1 atom stereocenters. The predicted molar refractivity (Wildman–Crippen MR) is 99.2 cm³/mol. The number of hydrogen-bond acceptors (Lipinski definition) is 5. The Labute approximate surface area is 148 Å². The lowest BCUT2D eigenvalue weighted by Gasteiger charge is -2.32. The van der Waals surface area contributed by atoms with E-state index in [4.69, 9.17) is 0 Å². The summed E-state index contributed by atoms with van der Waals surface area (Å²) in [5.74, 6) is 0.243. The molecule has 0 radical (unpaired) electrons. The van der Waals surface area contributed by atoms with Crippen LogP contribution in [0.3, 0.4) is 0 Å². The van der Waals surface area contributed by atoms with Gasteiger partial charge in [-0.3, -0.25) is 14.9 Å². The molecule has 25 heavy (non-hydrogen) atoms. The van der Waals surface area contributed by atoms with Gasteiger partial charge in [-0.2, -0.15) is 0 Å². The van der Waals surface area contributed by atoms with Crippen molar-refractivity contribution >= 4 is 17.3 Å². The smallest absolute Gasteiger partial charge is 0.293 e. The van der Waals surface area contributed by atoms with Gasteiger partial charge in [0.15, 0.2) is 0 Å². The van der Waals surface area contributed by atoms with Gasteiger partial charge in [-0.25, -0.2) is 0 Å². The van der Waals surface area contributed by atoms with Crippen molar-refractivity contribution in [2.45, 2.75) is 33.1 Å². The van der Waals surface area contributed by atoms with E-state index < -0.39 is 4.92 Å². The highest BCUT2D eigenvalue weighted by Gasteiger charge is 2.25. The quantitative estimate of drug-likeness (QED) is 0.428. The average Bonchev–Trinajstić information content (AvgIpc) is 2.60. The number of anilines is 1. The van der Waals surface area contributed by atoms with Gasteiger partial charge < -0.3 is 15.5 Å². The first-order chi connectivity index (χ1) is 12.0. The number of amides is 1. The zero-order valence-electron chi connectivity index (χ0n) is 15.1. The Hall–Kier alpha value is -2.15. The van der Waals surface area contributed by atoms with Crippen molar-refractivity contribution in [2.24, 2.45) is 5.92 Å². The number of nitro groups is 1. The van der Waals surface area contributed by atoms with Crippen LogP contribution >= 0.6 is 0 Å². The molecular weight excluding hydrogens is 320 g/mol. The molecule has 7 heteroatoms. The van der Waals surface area contributed by atoms with Crippen molar-refractivity contribution in [3.8, 4) is 0 Å². The molecule has 1 amide bonds. The third-order valence-corrected chi connectivity index (χ3v) is 4.45. The second-order valence-electron chi connectivity index (χ2n) is 6.66. The Morgan fingerprint density at radius 1 is 1.36 bits per heavy atom. The van der Waals surface area contributed by atoms with Gasteiger partial charge in [0.2, 0.25) is 0 Å². The minimum Gasteiger partial charge on any atom is -0.366 e. The zero-order chi connectivity index (χ0) is 18.2. The molecule has 1 aromatic rings. The number of nitrogens with one attached hydrogen (secondary N) is 2. The predicted octanol–water partition coefficient (Wildman–Crippen LogP) is 2.56. The van der Waals surface area contributed by atoms with Gasteiger partial charge in [0.1, 0.15) is 5.69 Å². The minimum atomic E-state index is -0.395. The Kier molecular flexibility index (Phi) is 7.18. The first-order valence-corrected chi connectivity index (χ1v) is 9.05. The summed E-state index contributed by atoms with van der Waals surface area (Å²) in [5, 5.41) is 17.5. The normalized spacial score (nSPS) is 17.4. The summed E-state index contributed by atoms with van der Waals surface area (Å²) < 4.78 is 0. The fourth-order valence-corrected chi connectivity index (χ4v) is 3.15. The summed E-state index contributed by atoms with van der Waals surface area (Å²) in [5.41, 5.74) is 0.944. The van der Waals surface area contributed by atoms with Crippen LogP contribution < -0.4 is 15.5 Å². The Morgan fingerprint density at radius 3 is 2.84 bits per heavy atom. The number of piperidine rings is 1. The van der Waals surface area contributed by atoms with Crippen molar-refractivity contribution in [3.63, 3.8) is 0 Å². The molecule has 0 aromatic heterocycles. The first-order valence-electron chi connectivity index (χ1n) is 9.05. The lowest BCUT2D eigenvalue weighted by atomic mass is 9.99. The van der Waals surface area contributed by atoms with E-state index in [2.05, 4.69) is 29.4 Å². The van der Waals surface area contributed by atoms with Gasteiger partial charge in [0, 0.05) is 37.8 Å². The number of benzene rings is 1. The molecular formula is C18H28N4O3. The second kappa shape index (κ2) is 9.36. The molecule has 7 nitrogen and oxygen atoms in total. The molecule has 1 heterocycles. The average molecular weight is 348 g/mol. The van der Waals surface area contributed by atoms with E-state index in [0.717, 1.165) is 38.9 Å². The summed E-state index contributed by atoms with van der Waals surface area (Å²) in [6.45, 7) is 7.96. The van der Waals surface area contributed by atoms with Crippen LogP contribution in [-0.4, -0.2) is 43.6 Å². The minimum absolute atomic E-state index is 0.00542. The topological polar surface area (TPSA) is 87.5 Å². The molecule has 0 aliphatic carbocycles. The third kappa shape index (κ3) is 5.42. The van der Waals surface area contributed by atoms with Gasteiger partial charge >= 0.3 is 0 Å². The molecule has 138 valence electrons. The van der Waals surface area contributed by atoms with E-state index in [9.17, 15) is 14.9 Å². The van der Waals surface area contributed by atoms with Crippen molar-refractivity contribution in [1.82, 2.24) is 10.6 Å². The van der Waals surface area contributed by atoms with E-state index in [1.54, 1.807) is 12.1 Å². The molecule has 1 saturated heterocycles. The van der Waals surface area contributed by atoms with E-state index in [-0.39, 0.29) is 11.6 Å². The number of nitrogens with zero attached hydrogens (tertiary/aromatic N) is 2. The molecule has 2 N–H and O–H groups in total. The maximum Gasteiger partial charge on any atom is 0.293 e. The molecule has 1 fully saturated rings. The van der Waals surface area contributed by atoms with Gasteiger partial charge in [0.05, 0.1) is 4.92 Å². The summed E-state index contributed by atoms with van der Waals surface area (Å²) >= 11 is 0. The Morgan fingerprint density at radius 2 is 2.16 bits per heavy atom. The van der Waals surface area contributed by atoms with Crippen LogP contribution in [0.25, 0.3) is 0 Å². The zero-order valence-corrected chi connectivity index (χ0v) is 15.1. The lowest BCUT2D eigenvalue weighted by Crippen LogP contribution is -2.35. The summed E-state index contributed by atoms with van der Waals surface area (Å²) in [6, 6.07) is 4.78. The van der Waals surface area contributed by atoms with E-state index in [1.165, 1.54) is 6.07 Å². The first kappa shape index (κ1) is 19.2. The highest BCUT2D eigenvalue weighted by molar-refractivity contribution is 5.95. The molecule has 0 saturated carbocycles. The second-order valence-corrected chi connectivity index (χ2v) is 6.66. The number of hydrogen-bond donors (Lipinski definition) is 2. The molecule has 0 bridgehead atoms. The van der Waals surface area contributed by atoms with Gasteiger partial charge in [-0.1, -0.05) is 13.8 Å². The highest BCUT2D eigenvalue weighted by Crippen LogP contribution is 2.32. The number of nitro benzene ring substituents is 1. The lowest BCUT2D eigenvalue weighted by molar-refractivity contribution is -0.384. The number of rotatable bonds is 8. The molecule has 2 rings (SSSR count). The number of carbonyl (C=O) groups is 1. The summed E-state index contributed by atoms with van der Waals surface area (Å²) in [6.07, 6.45) is 3.22. The van der Waals surface area contributed by atoms with E-state index in [1.807, 2.05) is 0 Å². The van der Waals surface area contributed by atoms with Crippen molar-refractivity contribution in [3.05, 3.63) is 33.9 Å². The van der Waals surface area contributed by atoms with Crippen LogP contribution in [0.1, 0.15) is 43.5 Å². The van der Waals surface area contributed by atoms with Crippen molar-refractivity contribution in [1.29, 1.82) is 0 Å². The monoisotopic (exact) mass is 348 g/mol. The standard InChI is InChI=1S/C18H28N4O3/c1-3-8-19-9-10-20-18(23)15-6-7-16(17(12-15)22(24)25)21-11-4-5-14(2)13-21/h6-7,12,14,19H,3-5,8-11,13H2,1-2H3,(H,20,23). The van der Waals surface area contributed by atoms with Crippen LogP contribution in [0.5, 0.6) is 0 Å². The van der Waals surface area contributed by atoms with Crippen molar-refractivity contribution < 1.29 is 9.72 Å². The van der Waals surface area contributed by atoms with E-state index >= 15 is 0 Å². The molecule has 1 unspecified atom stereocenters. The van der Waals surface area contributed by atoms with Gasteiger partial charge in [0.25, 0.3) is 11.6 Å². The Balaban J connectivity index is 2.07. The molecule has 1 aliphatic heterocycles. The SMILES string of the molecule is CCCNCCNC(=O)c1ccc(N2CCCC(C)C2)c([N+](=O)[O-])c1. The van der Waals surface area contributed by atoms with Crippen molar-refractivity contribution in [2.75, 3.05) is 37.6 Å². The fourth-order valence-electron chi connectivity index (χ4n) is 3.15. The van der Waals surface area contributed by atoms with Crippen LogP contribution in [0.15, 0.2) is 18.2 Å². The maximum atomic E-state index is 12.2. The summed E-state index contributed by atoms with van der Waals surface area (Å²) in [4.78, 5) is 25.4. The number of carbonyl (C=O) groups excluding carboxylic acids is 1. The fraction of sp³-hybridized carbons (Fsp3) is 0.611. The molecule has 1 aromatic carbocycles. The van der Waals surface area contributed by atoms with Crippen LogP contribution in [0.2, 0.25) is 0 Å². The van der Waals surface area contributed by atoms with E-state index in [0.29, 0.717) is 30.3 Å². The highest BCUT2D eigenvalue weighted by atomic mass is 16.6. The largest absolute Gasteiger partial charge is 0.366 e.